The highest BCUT2D eigenvalue weighted by Crippen LogP contribution is 2.38. The maximum Gasteiger partial charge on any atom is 0.249 e. The van der Waals surface area contributed by atoms with E-state index in [-0.39, 0.29) is 5.56 Å². The number of rotatable bonds is 2. The van der Waals surface area contributed by atoms with Gasteiger partial charge in [-0.2, -0.15) is 5.26 Å². The first-order chi connectivity index (χ1) is 14.5. The summed E-state index contributed by atoms with van der Waals surface area (Å²) in [6.07, 6.45) is 0. The largest absolute Gasteiger partial charge is 0.305 e. The van der Waals surface area contributed by atoms with Crippen molar-refractivity contribution in [3.8, 4) is 27.9 Å². The fourth-order valence-electron chi connectivity index (χ4n) is 3.34. The number of pyridine rings is 2. The molecule has 0 fully saturated rings. The van der Waals surface area contributed by atoms with E-state index in [1.807, 2.05) is 31.2 Å². The molecule has 0 amide bonds. The van der Waals surface area contributed by atoms with Crippen molar-refractivity contribution in [2.45, 2.75) is 6.92 Å². The molecule has 0 unspecified atom stereocenters. The Morgan fingerprint density at radius 1 is 1.03 bits per heavy atom. The smallest absolute Gasteiger partial charge is 0.249 e. The molecule has 4 heterocycles. The van der Waals surface area contributed by atoms with Crippen LogP contribution in [0.1, 0.15) is 11.3 Å². The maximum absolute atomic E-state index is 11.8. The van der Waals surface area contributed by atoms with E-state index >= 15 is 0 Å². The predicted octanol–water partition coefficient (Wildman–Crippen LogP) is 5.10. The zero-order chi connectivity index (χ0) is 20.8. The second kappa shape index (κ2) is 7.02. The molecule has 0 atom stereocenters. The monoisotopic (exact) mass is 429 g/mol. The number of hydrogen-bond donors (Lipinski definition) is 1. The highest BCUT2D eigenvalue weighted by molar-refractivity contribution is 7.22. The van der Waals surface area contributed by atoms with Gasteiger partial charge in [-0.25, -0.2) is 15.0 Å². The van der Waals surface area contributed by atoms with Crippen molar-refractivity contribution in [3.63, 3.8) is 0 Å². The van der Waals surface area contributed by atoms with Crippen LogP contribution in [0, 0.1) is 18.3 Å². The van der Waals surface area contributed by atoms with Crippen molar-refractivity contribution in [2.24, 2.45) is 0 Å². The number of benzene rings is 1. The Kier molecular flexibility index (Phi) is 4.31. The van der Waals surface area contributed by atoms with E-state index in [1.165, 1.54) is 6.07 Å². The molecule has 6 nitrogen and oxygen atoms in total. The van der Waals surface area contributed by atoms with Crippen molar-refractivity contribution in [2.75, 3.05) is 0 Å². The summed E-state index contributed by atoms with van der Waals surface area (Å²) in [6, 6.07) is 16.4. The number of halogens is 1. The van der Waals surface area contributed by atoms with Crippen LogP contribution in [0.15, 0.2) is 53.3 Å². The summed E-state index contributed by atoms with van der Waals surface area (Å²) < 4.78 is 1.03. The van der Waals surface area contributed by atoms with Crippen LogP contribution < -0.4 is 5.56 Å². The number of H-pyrrole nitrogens is 1. The molecular weight excluding hydrogens is 418 g/mol. The molecular formula is C22H12ClN5OS. The lowest BCUT2D eigenvalue weighted by molar-refractivity contribution is 1.18. The highest BCUT2D eigenvalue weighted by Gasteiger charge is 2.17. The normalized spacial score (nSPS) is 11.1. The third kappa shape index (κ3) is 3.22. The summed E-state index contributed by atoms with van der Waals surface area (Å²) in [5.74, 6) is 0. The average molecular weight is 430 g/mol. The molecule has 144 valence electrons. The molecule has 4 aromatic heterocycles. The van der Waals surface area contributed by atoms with Gasteiger partial charge in [-0.3, -0.25) is 4.79 Å². The van der Waals surface area contributed by atoms with Gasteiger partial charge in [-0.15, -0.1) is 11.3 Å². The number of thiophene rings is 1. The van der Waals surface area contributed by atoms with Gasteiger partial charge >= 0.3 is 0 Å². The number of fused-ring (bicyclic) bond motifs is 2. The molecule has 0 aliphatic heterocycles. The minimum absolute atomic E-state index is 0.242. The summed E-state index contributed by atoms with van der Waals surface area (Å²) in [5, 5.41) is 10.5. The van der Waals surface area contributed by atoms with Crippen LogP contribution in [0.5, 0.6) is 0 Å². The molecule has 1 aromatic carbocycles. The van der Waals surface area contributed by atoms with Gasteiger partial charge in [-0.1, -0.05) is 11.6 Å². The Balaban J connectivity index is 1.83. The maximum atomic E-state index is 11.8. The summed E-state index contributed by atoms with van der Waals surface area (Å²) in [7, 11) is 0. The lowest BCUT2D eigenvalue weighted by Gasteiger charge is -2.09. The van der Waals surface area contributed by atoms with Gasteiger partial charge in [0.1, 0.15) is 16.4 Å². The van der Waals surface area contributed by atoms with Crippen LogP contribution in [0.3, 0.4) is 0 Å². The summed E-state index contributed by atoms with van der Waals surface area (Å²) >= 11 is 7.75. The molecule has 1 N–H and O–H groups in total. The second-order valence-corrected chi connectivity index (χ2v) is 8.24. The standard InChI is InChI=1S/C22H12ClN5OS/c1-11-6-14(9-18(23)25-11)20-21(28-22-15(26-20)3-5-19(29)27-22)17-8-13-7-12(10-24)2-4-16(13)30-17/h2-9H,1H3,(H,27,28,29). The van der Waals surface area contributed by atoms with E-state index in [0.717, 1.165) is 26.2 Å². The SMILES string of the molecule is Cc1cc(-c2nc3ccc(=O)[nH]c3nc2-c2cc3cc(C#N)ccc3s2)cc(Cl)n1. The Bertz CT molecular complexity index is 1540. The fourth-order valence-corrected chi connectivity index (χ4v) is 4.62. The molecule has 0 spiro atoms. The van der Waals surface area contributed by atoms with E-state index < -0.39 is 0 Å². The molecule has 0 aliphatic rings. The molecule has 0 saturated heterocycles. The van der Waals surface area contributed by atoms with Gasteiger partial charge in [0.25, 0.3) is 0 Å². The van der Waals surface area contributed by atoms with Crippen molar-refractivity contribution in [1.82, 2.24) is 19.9 Å². The summed E-state index contributed by atoms with van der Waals surface area (Å²) in [6.45, 7) is 1.86. The first-order valence-corrected chi connectivity index (χ1v) is 10.2. The minimum Gasteiger partial charge on any atom is -0.305 e. The number of aryl methyl sites for hydroxylation is 1. The molecule has 30 heavy (non-hydrogen) atoms. The van der Waals surface area contributed by atoms with Gasteiger partial charge in [0, 0.05) is 22.0 Å². The molecule has 0 radical (unpaired) electrons. The quantitative estimate of drug-likeness (QED) is 0.394. The number of nitriles is 1. The van der Waals surface area contributed by atoms with Gasteiger partial charge in [0.05, 0.1) is 22.2 Å². The van der Waals surface area contributed by atoms with E-state index in [0.29, 0.717) is 33.3 Å². The third-order valence-corrected chi connectivity index (χ3v) is 5.95. The van der Waals surface area contributed by atoms with Gasteiger partial charge in [0.15, 0.2) is 5.65 Å². The Hall–Kier alpha value is -3.60. The zero-order valence-corrected chi connectivity index (χ0v) is 17.2. The minimum atomic E-state index is -0.242. The first-order valence-electron chi connectivity index (χ1n) is 9.00. The second-order valence-electron chi connectivity index (χ2n) is 6.77. The highest BCUT2D eigenvalue weighted by atomic mass is 35.5. The van der Waals surface area contributed by atoms with Crippen LogP contribution in [0.4, 0.5) is 0 Å². The summed E-state index contributed by atoms with van der Waals surface area (Å²) in [4.78, 5) is 29.2. The van der Waals surface area contributed by atoms with E-state index in [1.54, 1.807) is 29.5 Å². The van der Waals surface area contributed by atoms with Gasteiger partial charge in [-0.05, 0) is 54.8 Å². The Morgan fingerprint density at radius 2 is 1.90 bits per heavy atom. The molecule has 8 heteroatoms. The molecule has 0 bridgehead atoms. The molecule has 5 aromatic rings. The van der Waals surface area contributed by atoms with E-state index in [4.69, 9.17) is 21.6 Å². The lowest BCUT2D eigenvalue weighted by Crippen LogP contribution is -2.06. The van der Waals surface area contributed by atoms with E-state index in [2.05, 4.69) is 16.0 Å². The zero-order valence-electron chi connectivity index (χ0n) is 15.6. The van der Waals surface area contributed by atoms with Crippen LogP contribution in [-0.2, 0) is 0 Å². The number of nitrogens with one attached hydrogen (secondary N) is 1. The van der Waals surface area contributed by atoms with Crippen LogP contribution in [-0.4, -0.2) is 19.9 Å². The van der Waals surface area contributed by atoms with E-state index in [9.17, 15) is 10.1 Å². The van der Waals surface area contributed by atoms with Crippen molar-refractivity contribution in [1.29, 1.82) is 5.26 Å². The molecule has 0 aliphatic carbocycles. The molecule has 5 rings (SSSR count). The number of nitrogens with zero attached hydrogens (tertiary/aromatic N) is 4. The third-order valence-electron chi connectivity index (χ3n) is 4.63. The Labute approximate surface area is 179 Å². The van der Waals surface area contributed by atoms with Crippen molar-refractivity contribution in [3.05, 3.63) is 75.3 Å². The fraction of sp³-hybridized carbons (Fsp3) is 0.0455. The number of aromatic nitrogens is 4. The number of hydrogen-bond acceptors (Lipinski definition) is 6. The predicted molar refractivity (Wildman–Crippen MR) is 119 cm³/mol. The van der Waals surface area contributed by atoms with Crippen LogP contribution >= 0.6 is 22.9 Å². The van der Waals surface area contributed by atoms with Crippen molar-refractivity contribution >= 4 is 44.2 Å². The Morgan fingerprint density at radius 3 is 2.70 bits per heavy atom. The van der Waals surface area contributed by atoms with Crippen LogP contribution in [0.2, 0.25) is 5.15 Å². The van der Waals surface area contributed by atoms with Gasteiger partial charge < -0.3 is 4.98 Å². The van der Waals surface area contributed by atoms with Gasteiger partial charge in [0.2, 0.25) is 5.56 Å². The van der Waals surface area contributed by atoms with Crippen molar-refractivity contribution < 1.29 is 0 Å². The molecule has 0 saturated carbocycles. The first kappa shape index (κ1) is 18.4. The number of aromatic amines is 1. The van der Waals surface area contributed by atoms with Crippen LogP contribution in [0.25, 0.3) is 43.1 Å². The average Bonchev–Trinajstić information content (AvgIpc) is 3.15. The topological polar surface area (TPSA) is 95.3 Å². The summed E-state index contributed by atoms with van der Waals surface area (Å²) in [5.41, 5.74) is 4.17. The lowest BCUT2D eigenvalue weighted by atomic mass is 10.1.